The monoisotopic (exact) mass is 254 g/mol. The van der Waals surface area contributed by atoms with Crippen LogP contribution in [-0.2, 0) is 4.79 Å². The summed E-state index contributed by atoms with van der Waals surface area (Å²) in [7, 11) is 0. The van der Waals surface area contributed by atoms with E-state index >= 15 is 0 Å². The van der Waals surface area contributed by atoms with E-state index in [9.17, 15) is 4.79 Å². The average Bonchev–Trinajstić information content (AvgIpc) is 2.26. The molecule has 1 aromatic carbocycles. The van der Waals surface area contributed by atoms with Crippen molar-refractivity contribution in [3.05, 3.63) is 24.3 Å². The molecule has 1 unspecified atom stereocenters. The van der Waals surface area contributed by atoms with Crippen molar-refractivity contribution in [1.82, 2.24) is 0 Å². The second-order valence-corrected chi connectivity index (χ2v) is 5.27. The Morgan fingerprint density at radius 1 is 1.35 bits per heavy atom. The lowest BCUT2D eigenvalue weighted by atomic mass is 10.3. The average molecular weight is 254 g/mol. The third-order valence-corrected chi connectivity index (χ3v) is 3.48. The molecule has 0 saturated carbocycles. The Bertz CT molecular complexity index is 359. The normalized spacial score (nSPS) is 12.5. The molecular weight excluding hydrogens is 236 g/mol. The van der Waals surface area contributed by atoms with Crippen molar-refractivity contribution in [3.63, 3.8) is 0 Å². The first-order valence-corrected chi connectivity index (χ1v) is 6.57. The summed E-state index contributed by atoms with van der Waals surface area (Å²) in [5.74, 6) is 0.0488. The Morgan fingerprint density at radius 2 is 1.94 bits per heavy atom. The van der Waals surface area contributed by atoms with Gasteiger partial charge >= 0.3 is 5.97 Å². The van der Waals surface area contributed by atoms with Gasteiger partial charge in [0.15, 0.2) is 0 Å². The summed E-state index contributed by atoms with van der Waals surface area (Å²) in [4.78, 5) is 11.9. The number of ether oxygens (including phenoxy) is 1. The molecule has 0 fully saturated rings. The van der Waals surface area contributed by atoms with Crippen molar-refractivity contribution in [3.8, 4) is 5.75 Å². The van der Waals surface area contributed by atoms with Crippen LogP contribution in [0.4, 0.5) is 0 Å². The quantitative estimate of drug-likeness (QED) is 0.790. The van der Waals surface area contributed by atoms with Gasteiger partial charge in [-0.25, -0.2) is 0 Å². The van der Waals surface area contributed by atoms with Crippen LogP contribution in [0.3, 0.4) is 0 Å². The van der Waals surface area contributed by atoms with Gasteiger partial charge in [0.2, 0.25) is 0 Å². The summed E-state index contributed by atoms with van der Waals surface area (Å²) in [5.41, 5.74) is 0. The smallest absolute Gasteiger partial charge is 0.316 e. The fraction of sp³-hybridized carbons (Fsp3) is 0.462. The van der Waals surface area contributed by atoms with Crippen molar-refractivity contribution in [1.29, 1.82) is 0 Å². The molecule has 1 aromatic rings. The number of rotatable bonds is 6. The zero-order valence-corrected chi connectivity index (χ0v) is 11.2. The van der Waals surface area contributed by atoms with Crippen LogP contribution in [0.25, 0.3) is 0 Å². The van der Waals surface area contributed by atoms with Crippen LogP contribution >= 0.6 is 11.8 Å². The molecule has 0 amide bonds. The van der Waals surface area contributed by atoms with E-state index in [0.717, 1.165) is 10.6 Å². The van der Waals surface area contributed by atoms with Gasteiger partial charge in [-0.3, -0.25) is 4.79 Å². The molecule has 0 aliphatic heterocycles. The first-order chi connectivity index (χ1) is 8.02. The summed E-state index contributed by atoms with van der Waals surface area (Å²) in [6.45, 7) is 5.82. The lowest BCUT2D eigenvalue weighted by Crippen LogP contribution is -2.14. The molecule has 0 heterocycles. The molecule has 0 aromatic heterocycles. The summed E-state index contributed by atoms with van der Waals surface area (Å²) < 4.78 is 5.52. The molecule has 1 rings (SSSR count). The number of carbonyl (C=O) groups is 1. The molecule has 0 radical (unpaired) electrons. The Hall–Kier alpha value is -1.16. The Morgan fingerprint density at radius 3 is 2.35 bits per heavy atom. The molecule has 17 heavy (non-hydrogen) atoms. The van der Waals surface area contributed by atoms with Crippen molar-refractivity contribution < 1.29 is 14.6 Å². The van der Waals surface area contributed by atoms with E-state index in [1.54, 1.807) is 0 Å². The SMILES string of the molecule is CCC(Sc1ccc(OC(C)C)cc1)C(=O)O. The van der Waals surface area contributed by atoms with E-state index in [-0.39, 0.29) is 11.4 Å². The molecule has 0 spiro atoms. The van der Waals surface area contributed by atoms with Gasteiger partial charge in [0.05, 0.1) is 6.10 Å². The van der Waals surface area contributed by atoms with Gasteiger partial charge in [0.25, 0.3) is 0 Å². The zero-order valence-electron chi connectivity index (χ0n) is 10.3. The molecule has 0 aliphatic rings. The Kier molecular flexibility index (Phi) is 5.35. The zero-order chi connectivity index (χ0) is 12.8. The number of thioether (sulfide) groups is 1. The van der Waals surface area contributed by atoms with Crippen molar-refractivity contribution in [2.24, 2.45) is 0 Å². The van der Waals surface area contributed by atoms with Crippen molar-refractivity contribution in [2.75, 3.05) is 0 Å². The topological polar surface area (TPSA) is 46.5 Å². The van der Waals surface area contributed by atoms with Crippen LogP contribution in [0.5, 0.6) is 5.75 Å². The van der Waals surface area contributed by atoms with Gasteiger partial charge in [0.1, 0.15) is 11.0 Å². The van der Waals surface area contributed by atoms with Gasteiger partial charge in [-0.05, 0) is 44.5 Å². The lowest BCUT2D eigenvalue weighted by Gasteiger charge is -2.12. The van der Waals surface area contributed by atoms with Gasteiger partial charge in [-0.15, -0.1) is 11.8 Å². The van der Waals surface area contributed by atoms with E-state index in [1.165, 1.54) is 11.8 Å². The van der Waals surface area contributed by atoms with E-state index in [1.807, 2.05) is 45.0 Å². The van der Waals surface area contributed by atoms with Crippen LogP contribution in [-0.4, -0.2) is 22.4 Å². The van der Waals surface area contributed by atoms with Crippen molar-refractivity contribution >= 4 is 17.7 Å². The number of hydrogen-bond donors (Lipinski definition) is 1. The number of benzene rings is 1. The fourth-order valence-electron chi connectivity index (χ4n) is 1.34. The first kappa shape index (κ1) is 13.9. The molecule has 94 valence electrons. The molecule has 0 saturated heterocycles. The van der Waals surface area contributed by atoms with Crippen LogP contribution in [0.2, 0.25) is 0 Å². The predicted octanol–water partition coefficient (Wildman–Crippen LogP) is 3.43. The molecule has 0 aliphatic carbocycles. The molecule has 1 N–H and O–H groups in total. The minimum atomic E-state index is -0.764. The van der Waals surface area contributed by atoms with Gasteiger partial charge < -0.3 is 9.84 Å². The molecular formula is C13H18O3S. The van der Waals surface area contributed by atoms with Gasteiger partial charge in [-0.2, -0.15) is 0 Å². The molecule has 4 heteroatoms. The number of carboxylic acids is 1. The van der Waals surface area contributed by atoms with E-state index in [2.05, 4.69) is 0 Å². The minimum Gasteiger partial charge on any atom is -0.491 e. The van der Waals surface area contributed by atoms with Crippen molar-refractivity contribution in [2.45, 2.75) is 43.4 Å². The molecule has 3 nitrogen and oxygen atoms in total. The van der Waals surface area contributed by atoms with E-state index in [0.29, 0.717) is 6.42 Å². The van der Waals surface area contributed by atoms with E-state index < -0.39 is 5.97 Å². The lowest BCUT2D eigenvalue weighted by molar-refractivity contribution is -0.136. The number of aliphatic carboxylic acids is 1. The molecule has 1 atom stereocenters. The highest BCUT2D eigenvalue weighted by Crippen LogP contribution is 2.27. The number of hydrogen-bond acceptors (Lipinski definition) is 3. The summed E-state index contributed by atoms with van der Waals surface area (Å²) >= 11 is 1.37. The van der Waals surface area contributed by atoms with Gasteiger partial charge in [-0.1, -0.05) is 6.92 Å². The maximum Gasteiger partial charge on any atom is 0.316 e. The van der Waals surface area contributed by atoms with Crippen LogP contribution in [0.15, 0.2) is 29.2 Å². The second-order valence-electron chi connectivity index (χ2n) is 3.99. The third kappa shape index (κ3) is 4.69. The maximum atomic E-state index is 10.9. The Labute approximate surface area is 106 Å². The second kappa shape index (κ2) is 6.55. The standard InChI is InChI=1S/C13H18O3S/c1-4-12(13(14)15)17-11-7-5-10(6-8-11)16-9(2)3/h5-9,12H,4H2,1-3H3,(H,14,15). The first-order valence-electron chi connectivity index (χ1n) is 5.69. The largest absolute Gasteiger partial charge is 0.491 e. The predicted molar refractivity (Wildman–Crippen MR) is 69.8 cm³/mol. The highest BCUT2D eigenvalue weighted by molar-refractivity contribution is 8.00. The summed E-state index contributed by atoms with van der Waals surface area (Å²) in [5, 5.41) is 8.58. The van der Waals surface area contributed by atoms with E-state index in [4.69, 9.17) is 9.84 Å². The highest BCUT2D eigenvalue weighted by atomic mass is 32.2. The fourth-order valence-corrected chi connectivity index (χ4v) is 2.23. The van der Waals surface area contributed by atoms with Gasteiger partial charge in [0, 0.05) is 4.90 Å². The number of carboxylic acid groups (broad SMARTS) is 1. The molecule has 0 bridgehead atoms. The summed E-state index contributed by atoms with van der Waals surface area (Å²) in [6, 6.07) is 7.54. The third-order valence-electron chi connectivity index (χ3n) is 2.12. The van der Waals surface area contributed by atoms with Crippen LogP contribution in [0, 0.1) is 0 Å². The Balaban J connectivity index is 2.64. The van der Waals surface area contributed by atoms with Crippen LogP contribution < -0.4 is 4.74 Å². The minimum absolute atomic E-state index is 0.149. The highest BCUT2D eigenvalue weighted by Gasteiger charge is 2.16. The van der Waals surface area contributed by atoms with Crippen LogP contribution in [0.1, 0.15) is 27.2 Å². The maximum absolute atomic E-state index is 10.9. The summed E-state index contributed by atoms with van der Waals surface area (Å²) in [6.07, 6.45) is 0.764.